The Morgan fingerprint density at radius 2 is 1.82 bits per heavy atom. The molecule has 4 amide bonds. The molecule has 60 heavy (non-hydrogen) atoms. The molecule has 3 saturated carbocycles. The minimum absolute atomic E-state index is 0.0441. The zero-order chi connectivity index (χ0) is 42.2. The van der Waals surface area contributed by atoms with Crippen LogP contribution in [0.25, 0.3) is 10.9 Å². The first-order valence-corrected chi connectivity index (χ1v) is 23.2. The highest BCUT2D eigenvalue weighted by atomic mass is 32.2. The summed E-state index contributed by atoms with van der Waals surface area (Å²) in [6.45, 7) is 7.74. The molecule has 5 heterocycles. The molecule has 15 nitrogen and oxygen atoms in total. The van der Waals surface area contributed by atoms with Gasteiger partial charge in [0.2, 0.25) is 28.6 Å². The van der Waals surface area contributed by atoms with Crippen molar-refractivity contribution in [1.82, 2.24) is 25.2 Å². The maximum absolute atomic E-state index is 15.0. The molecule has 1 spiro atoms. The third kappa shape index (κ3) is 7.44. The van der Waals surface area contributed by atoms with E-state index in [2.05, 4.69) is 15.4 Å². The van der Waals surface area contributed by atoms with E-state index in [1.54, 1.807) is 6.92 Å². The highest BCUT2D eigenvalue weighted by molar-refractivity contribution is 7.91. The summed E-state index contributed by atoms with van der Waals surface area (Å²) >= 11 is 0. The van der Waals surface area contributed by atoms with E-state index in [1.807, 2.05) is 45.1 Å². The molecule has 5 unspecified atom stereocenters. The number of carbonyl (C=O) groups is 4. The van der Waals surface area contributed by atoms with Crippen molar-refractivity contribution >= 4 is 44.7 Å². The van der Waals surface area contributed by atoms with Crippen molar-refractivity contribution in [2.75, 3.05) is 19.9 Å². The lowest BCUT2D eigenvalue weighted by Crippen LogP contribution is -2.70. The van der Waals surface area contributed by atoms with Crippen LogP contribution in [0.3, 0.4) is 0 Å². The molecule has 0 bridgehead atoms. The Hall–Kier alpha value is -4.60. The van der Waals surface area contributed by atoms with Crippen molar-refractivity contribution in [1.29, 1.82) is 0 Å². The fourth-order valence-corrected chi connectivity index (χ4v) is 10.8. The Labute approximate surface area is 351 Å². The van der Waals surface area contributed by atoms with Crippen LogP contribution in [0.4, 0.5) is 4.79 Å². The van der Waals surface area contributed by atoms with Crippen molar-refractivity contribution in [2.24, 2.45) is 11.3 Å². The summed E-state index contributed by atoms with van der Waals surface area (Å²) in [6.07, 6.45) is 11.2. The number of pyridine rings is 1. The number of aromatic nitrogens is 1. The van der Waals surface area contributed by atoms with E-state index in [-0.39, 0.29) is 44.1 Å². The fraction of sp³-hybridized carbons (Fsp3) is 0.659. The number of nitrogens with zero attached hydrogens (tertiary/aromatic N) is 2. The second-order valence-electron chi connectivity index (χ2n) is 19.6. The number of carbonyl (C=O) groups excluding carboxylic acids is 4. The van der Waals surface area contributed by atoms with Gasteiger partial charge in [0, 0.05) is 23.8 Å². The molecular formula is C44H57N5O10S. The van der Waals surface area contributed by atoms with Crippen LogP contribution in [-0.2, 0) is 35.6 Å². The molecular weight excluding hydrogens is 791 g/mol. The van der Waals surface area contributed by atoms with E-state index in [9.17, 15) is 27.6 Å². The number of aryl methyl sites for hydroxylation is 1. The van der Waals surface area contributed by atoms with Crippen molar-refractivity contribution < 1.29 is 46.5 Å². The smallest absolute Gasteiger partial charge is 0.407 e. The minimum atomic E-state index is -4.02. The average molecular weight is 848 g/mol. The lowest BCUT2D eigenvalue weighted by molar-refractivity contribution is -0.144. The molecule has 0 radical (unpaired) electrons. The van der Waals surface area contributed by atoms with Gasteiger partial charge >= 0.3 is 6.09 Å². The highest BCUT2D eigenvalue weighted by Crippen LogP contribution is 2.54. The number of sulfonamides is 1. The number of benzene rings is 1. The molecule has 4 aliphatic heterocycles. The van der Waals surface area contributed by atoms with Gasteiger partial charge in [-0.1, -0.05) is 45.8 Å². The van der Waals surface area contributed by atoms with Crippen LogP contribution < -0.4 is 29.6 Å². The van der Waals surface area contributed by atoms with Gasteiger partial charge in [0.15, 0.2) is 11.5 Å². The third-order valence-electron chi connectivity index (χ3n) is 13.7. The number of amides is 4. The van der Waals surface area contributed by atoms with E-state index >= 15 is 0 Å². The summed E-state index contributed by atoms with van der Waals surface area (Å²) < 4.78 is 52.5. The lowest BCUT2D eigenvalue weighted by Gasteiger charge is -2.48. The first-order chi connectivity index (χ1) is 28.5. The number of rotatable bonds is 6. The fourth-order valence-electron chi connectivity index (χ4n) is 9.48. The van der Waals surface area contributed by atoms with Gasteiger partial charge in [0.25, 0.3) is 5.91 Å². The number of nitrogens with one attached hydrogen (secondary N) is 3. The van der Waals surface area contributed by atoms with E-state index in [4.69, 9.17) is 23.9 Å². The summed E-state index contributed by atoms with van der Waals surface area (Å²) in [7, 11) is -4.02. The zero-order valence-corrected chi connectivity index (χ0v) is 35.8. The number of hydrogen-bond acceptors (Lipinski definition) is 11. The molecule has 7 aliphatic rings. The molecule has 4 fully saturated rings. The van der Waals surface area contributed by atoms with E-state index in [0.717, 1.165) is 47.8 Å². The summed E-state index contributed by atoms with van der Waals surface area (Å²) in [6, 6.07) is 1.72. The van der Waals surface area contributed by atoms with Crippen LogP contribution >= 0.6 is 0 Å². The molecule has 1 aromatic carbocycles. The second-order valence-corrected chi connectivity index (χ2v) is 21.8. The van der Waals surface area contributed by atoms with Crippen LogP contribution in [0.2, 0.25) is 0 Å². The van der Waals surface area contributed by atoms with Crippen LogP contribution in [0, 0.1) is 11.3 Å². The molecule has 1 saturated heterocycles. The second kappa shape index (κ2) is 14.8. The third-order valence-corrected chi connectivity index (χ3v) is 15.8. The Balaban J connectivity index is 1.08. The SMILES string of the molecule is CC(C)(C)COC(=O)NC1CCCCCC=CC2CCC2(C(=O)NS(=O)(=O)C2(C)CC2)NC(=O)C2CC3(CCc4c(c(C5CC5)nc5ccc6c(c45)OCO6)O3)CN2C1=O. The maximum atomic E-state index is 15.0. The van der Waals surface area contributed by atoms with E-state index in [0.29, 0.717) is 68.6 Å². The molecule has 3 N–H and O–H groups in total. The normalized spacial score (nSPS) is 29.8. The van der Waals surface area contributed by atoms with Crippen LogP contribution in [-0.4, -0.2) is 90.0 Å². The molecule has 9 rings (SSSR count). The summed E-state index contributed by atoms with van der Waals surface area (Å²) in [5, 5.41) is 6.72. The lowest BCUT2D eigenvalue weighted by atomic mass is 9.65. The predicted octanol–water partition coefficient (Wildman–Crippen LogP) is 5.43. The summed E-state index contributed by atoms with van der Waals surface area (Å²) in [4.78, 5) is 64.1. The van der Waals surface area contributed by atoms with Gasteiger partial charge in [0.1, 0.15) is 29.0 Å². The van der Waals surface area contributed by atoms with Crippen LogP contribution in [0.1, 0.15) is 128 Å². The standard InChI is InChI=1S/C44H57N5O10S/c1-41(2,3)24-56-40(53)46-30-11-9-7-5-6-8-10-27-16-19-44(27,39(52)48-60(54,55)42(4)20-21-42)47-37(50)31-22-43(23-49(31)38(30)51)18-17-28-33-29(14-15-32-36(33)58-25-57-32)45-34(26-12-13-26)35(28)59-43/h8,10,14-15,26-27,30-31H,5-7,9,11-13,16-25H2,1-4H3,(H,46,53)(H,47,50)(H,48,52). The van der Waals surface area contributed by atoms with Gasteiger partial charge in [-0.3, -0.25) is 19.1 Å². The molecule has 3 aliphatic carbocycles. The topological polar surface area (TPSA) is 192 Å². The zero-order valence-electron chi connectivity index (χ0n) is 35.0. The Bertz CT molecular complexity index is 2270. The van der Waals surface area contributed by atoms with Gasteiger partial charge in [-0.15, -0.1) is 0 Å². The first kappa shape index (κ1) is 40.8. The molecule has 324 valence electrons. The van der Waals surface area contributed by atoms with Crippen LogP contribution in [0.15, 0.2) is 24.3 Å². The number of hydrogen-bond donors (Lipinski definition) is 3. The average Bonchev–Trinajstić information content (AvgIpc) is 4.10. The van der Waals surface area contributed by atoms with E-state index < -0.39 is 67.7 Å². The molecule has 16 heteroatoms. The monoisotopic (exact) mass is 847 g/mol. The quantitative estimate of drug-likeness (QED) is 0.314. The molecule has 5 atom stereocenters. The van der Waals surface area contributed by atoms with Gasteiger partial charge in [-0.2, -0.15) is 0 Å². The van der Waals surface area contributed by atoms with Gasteiger partial charge < -0.3 is 34.5 Å². The predicted molar refractivity (Wildman–Crippen MR) is 220 cm³/mol. The van der Waals surface area contributed by atoms with E-state index in [1.165, 1.54) is 4.90 Å². The number of fused-ring (bicyclic) bond motifs is 7. The van der Waals surface area contributed by atoms with Crippen molar-refractivity contribution in [2.45, 2.75) is 151 Å². The van der Waals surface area contributed by atoms with Crippen LogP contribution in [0.5, 0.6) is 17.2 Å². The highest BCUT2D eigenvalue weighted by Gasteiger charge is 2.60. The summed E-state index contributed by atoms with van der Waals surface area (Å²) in [5.74, 6) is -0.118. The number of ether oxygens (including phenoxy) is 4. The van der Waals surface area contributed by atoms with Gasteiger partial charge in [-0.05, 0) is 95.1 Å². The van der Waals surface area contributed by atoms with Crippen molar-refractivity contribution in [3.63, 3.8) is 0 Å². The van der Waals surface area contributed by atoms with Gasteiger partial charge in [0.05, 0.1) is 34.5 Å². The Kier molecular flexibility index (Phi) is 10.1. The largest absolute Gasteiger partial charge is 0.483 e. The number of alkyl carbamates (subject to hydrolysis) is 1. The minimum Gasteiger partial charge on any atom is -0.483 e. The van der Waals surface area contributed by atoms with Crippen molar-refractivity contribution in [3.05, 3.63) is 35.5 Å². The maximum Gasteiger partial charge on any atom is 0.407 e. The number of allylic oxidation sites excluding steroid dienone is 1. The molecule has 1 aromatic heterocycles. The van der Waals surface area contributed by atoms with Gasteiger partial charge in [-0.25, -0.2) is 18.2 Å². The Morgan fingerprint density at radius 1 is 1.02 bits per heavy atom. The molecule has 2 aromatic rings. The first-order valence-electron chi connectivity index (χ1n) is 21.7. The van der Waals surface area contributed by atoms with Crippen molar-refractivity contribution in [3.8, 4) is 17.2 Å². The summed E-state index contributed by atoms with van der Waals surface area (Å²) in [5.41, 5.74) is -0.254. The Morgan fingerprint density at radius 3 is 2.53 bits per heavy atom.